The summed E-state index contributed by atoms with van der Waals surface area (Å²) < 4.78 is 10.4. The number of aromatic nitrogens is 1. The first kappa shape index (κ1) is 14.3. The molecule has 19 heavy (non-hydrogen) atoms. The molecule has 1 aliphatic rings. The average Bonchev–Trinajstić information content (AvgIpc) is 2.87. The van der Waals surface area contributed by atoms with E-state index in [9.17, 15) is 4.79 Å². The number of thiazole rings is 1. The third-order valence-electron chi connectivity index (χ3n) is 3.11. The fourth-order valence-electron chi connectivity index (χ4n) is 2.11. The van der Waals surface area contributed by atoms with Gasteiger partial charge in [0.05, 0.1) is 38.0 Å². The molecule has 106 valence electrons. The Bertz CT molecular complexity index is 422. The molecule has 1 fully saturated rings. The molecule has 0 N–H and O–H groups in total. The minimum Gasteiger partial charge on any atom is -0.466 e. The minimum absolute atomic E-state index is 0.214. The van der Waals surface area contributed by atoms with Crippen LogP contribution in [0.4, 0.5) is 5.13 Å². The molecule has 0 saturated carbocycles. The van der Waals surface area contributed by atoms with Crippen molar-refractivity contribution in [3.8, 4) is 0 Å². The molecule has 1 aromatic heterocycles. The Hall–Kier alpha value is -1.14. The highest BCUT2D eigenvalue weighted by molar-refractivity contribution is 7.13. The SMILES string of the molecule is CCOC(=O)Cc1csc(N2CCOCC2CC)n1. The van der Waals surface area contributed by atoms with Gasteiger partial charge in [0.1, 0.15) is 0 Å². The summed E-state index contributed by atoms with van der Waals surface area (Å²) in [5, 5.41) is 2.92. The maximum absolute atomic E-state index is 11.4. The molecule has 0 spiro atoms. The largest absolute Gasteiger partial charge is 0.466 e. The summed E-state index contributed by atoms with van der Waals surface area (Å²) in [7, 11) is 0. The normalized spacial score (nSPS) is 19.5. The summed E-state index contributed by atoms with van der Waals surface area (Å²) in [4.78, 5) is 18.3. The lowest BCUT2D eigenvalue weighted by atomic mass is 10.2. The van der Waals surface area contributed by atoms with Crippen molar-refractivity contribution < 1.29 is 14.3 Å². The Kier molecular flexibility index (Phi) is 5.15. The smallest absolute Gasteiger partial charge is 0.311 e. The molecule has 0 aliphatic carbocycles. The quantitative estimate of drug-likeness (QED) is 0.773. The highest BCUT2D eigenvalue weighted by Crippen LogP contribution is 2.25. The fraction of sp³-hybridized carbons (Fsp3) is 0.692. The molecule has 1 aromatic rings. The Morgan fingerprint density at radius 3 is 3.21 bits per heavy atom. The van der Waals surface area contributed by atoms with Gasteiger partial charge < -0.3 is 14.4 Å². The predicted octanol–water partition coefficient (Wildman–Crippen LogP) is 1.86. The number of anilines is 1. The van der Waals surface area contributed by atoms with Gasteiger partial charge >= 0.3 is 5.97 Å². The zero-order chi connectivity index (χ0) is 13.7. The van der Waals surface area contributed by atoms with Crippen molar-refractivity contribution in [2.24, 2.45) is 0 Å². The summed E-state index contributed by atoms with van der Waals surface area (Å²) in [6.07, 6.45) is 1.29. The van der Waals surface area contributed by atoms with E-state index < -0.39 is 0 Å². The Morgan fingerprint density at radius 2 is 2.47 bits per heavy atom. The first-order valence-corrected chi connectivity index (χ1v) is 7.57. The number of ether oxygens (including phenoxy) is 2. The van der Waals surface area contributed by atoms with E-state index in [4.69, 9.17) is 9.47 Å². The Labute approximate surface area is 117 Å². The number of carbonyl (C=O) groups is 1. The number of morpholine rings is 1. The van der Waals surface area contributed by atoms with Crippen molar-refractivity contribution in [1.82, 2.24) is 4.98 Å². The molecule has 1 unspecified atom stereocenters. The van der Waals surface area contributed by atoms with Gasteiger partial charge in [-0.3, -0.25) is 4.79 Å². The third-order valence-corrected chi connectivity index (χ3v) is 4.04. The first-order chi connectivity index (χ1) is 9.24. The fourth-order valence-corrected chi connectivity index (χ4v) is 3.04. The van der Waals surface area contributed by atoms with E-state index >= 15 is 0 Å². The van der Waals surface area contributed by atoms with Crippen LogP contribution in [0.5, 0.6) is 0 Å². The molecule has 1 atom stereocenters. The lowest BCUT2D eigenvalue weighted by molar-refractivity contribution is -0.142. The van der Waals surface area contributed by atoms with Crippen LogP contribution in [-0.2, 0) is 20.7 Å². The van der Waals surface area contributed by atoms with Crippen molar-refractivity contribution in [3.05, 3.63) is 11.1 Å². The van der Waals surface area contributed by atoms with Gasteiger partial charge in [-0.2, -0.15) is 0 Å². The van der Waals surface area contributed by atoms with E-state index in [0.717, 1.165) is 37.0 Å². The van der Waals surface area contributed by atoms with Crippen LogP contribution in [0, 0.1) is 0 Å². The van der Waals surface area contributed by atoms with Gasteiger partial charge in [-0.25, -0.2) is 4.98 Å². The van der Waals surface area contributed by atoms with Crippen molar-refractivity contribution in [3.63, 3.8) is 0 Å². The van der Waals surface area contributed by atoms with Crippen LogP contribution >= 0.6 is 11.3 Å². The molecule has 6 heteroatoms. The molecule has 0 aromatic carbocycles. The molecule has 0 amide bonds. The number of hydrogen-bond donors (Lipinski definition) is 0. The predicted molar refractivity (Wildman–Crippen MR) is 74.7 cm³/mol. The second-order valence-corrected chi connectivity index (χ2v) is 5.27. The van der Waals surface area contributed by atoms with Crippen LogP contribution in [0.3, 0.4) is 0 Å². The topological polar surface area (TPSA) is 51.7 Å². The van der Waals surface area contributed by atoms with Gasteiger partial charge in [-0.05, 0) is 13.3 Å². The third kappa shape index (κ3) is 3.67. The van der Waals surface area contributed by atoms with Crippen LogP contribution in [0.25, 0.3) is 0 Å². The number of hydrogen-bond acceptors (Lipinski definition) is 6. The van der Waals surface area contributed by atoms with E-state index in [-0.39, 0.29) is 12.4 Å². The van der Waals surface area contributed by atoms with Crippen LogP contribution in [-0.4, -0.2) is 43.4 Å². The van der Waals surface area contributed by atoms with Crippen LogP contribution in [0.2, 0.25) is 0 Å². The zero-order valence-electron chi connectivity index (χ0n) is 11.4. The Balaban J connectivity index is 2.01. The minimum atomic E-state index is -0.214. The van der Waals surface area contributed by atoms with E-state index in [1.54, 1.807) is 11.3 Å². The van der Waals surface area contributed by atoms with E-state index in [1.165, 1.54) is 0 Å². The second-order valence-electron chi connectivity index (χ2n) is 4.43. The van der Waals surface area contributed by atoms with Gasteiger partial charge in [0.2, 0.25) is 0 Å². The average molecular weight is 284 g/mol. The van der Waals surface area contributed by atoms with Crippen molar-refractivity contribution >= 4 is 22.4 Å². The standard InChI is InChI=1S/C13H20N2O3S/c1-3-11-8-17-6-5-15(11)13-14-10(9-19-13)7-12(16)18-4-2/h9,11H,3-8H2,1-2H3. The highest BCUT2D eigenvalue weighted by Gasteiger charge is 2.24. The molecule has 0 bridgehead atoms. The number of nitrogens with zero attached hydrogens (tertiary/aromatic N) is 2. The number of rotatable bonds is 5. The molecular weight excluding hydrogens is 264 g/mol. The van der Waals surface area contributed by atoms with E-state index in [0.29, 0.717) is 12.6 Å². The summed E-state index contributed by atoms with van der Waals surface area (Å²) in [5.41, 5.74) is 0.791. The summed E-state index contributed by atoms with van der Waals surface area (Å²) in [5.74, 6) is -0.214. The summed E-state index contributed by atoms with van der Waals surface area (Å²) in [6.45, 7) is 6.73. The molecule has 1 saturated heterocycles. The first-order valence-electron chi connectivity index (χ1n) is 6.69. The molecule has 2 rings (SSSR count). The summed E-state index contributed by atoms with van der Waals surface area (Å²) in [6, 6.07) is 0.385. The van der Waals surface area contributed by atoms with Gasteiger partial charge in [0.25, 0.3) is 0 Å². The Morgan fingerprint density at radius 1 is 1.63 bits per heavy atom. The van der Waals surface area contributed by atoms with E-state index in [2.05, 4.69) is 16.8 Å². The monoisotopic (exact) mass is 284 g/mol. The van der Waals surface area contributed by atoms with Gasteiger partial charge in [-0.1, -0.05) is 6.92 Å². The van der Waals surface area contributed by atoms with Gasteiger partial charge in [-0.15, -0.1) is 11.3 Å². The second kappa shape index (κ2) is 6.86. The van der Waals surface area contributed by atoms with Crippen LogP contribution in [0.1, 0.15) is 26.0 Å². The van der Waals surface area contributed by atoms with Crippen molar-refractivity contribution in [2.45, 2.75) is 32.7 Å². The zero-order valence-corrected chi connectivity index (χ0v) is 12.2. The molecule has 0 radical (unpaired) electrons. The van der Waals surface area contributed by atoms with Crippen molar-refractivity contribution in [2.75, 3.05) is 31.3 Å². The maximum Gasteiger partial charge on any atom is 0.311 e. The van der Waals surface area contributed by atoms with Crippen LogP contribution < -0.4 is 4.90 Å². The number of esters is 1. The van der Waals surface area contributed by atoms with Crippen LogP contribution in [0.15, 0.2) is 5.38 Å². The lowest BCUT2D eigenvalue weighted by Crippen LogP contribution is -2.45. The van der Waals surface area contributed by atoms with Gasteiger partial charge in [0, 0.05) is 11.9 Å². The lowest BCUT2D eigenvalue weighted by Gasteiger charge is -2.34. The molecule has 1 aliphatic heterocycles. The van der Waals surface area contributed by atoms with E-state index in [1.807, 2.05) is 12.3 Å². The van der Waals surface area contributed by atoms with Crippen molar-refractivity contribution in [1.29, 1.82) is 0 Å². The maximum atomic E-state index is 11.4. The highest BCUT2D eigenvalue weighted by atomic mass is 32.1. The molecule has 2 heterocycles. The molecule has 5 nitrogen and oxygen atoms in total. The summed E-state index contributed by atoms with van der Waals surface area (Å²) >= 11 is 1.59. The molecular formula is C13H20N2O3S. The number of carbonyl (C=O) groups excluding carboxylic acids is 1. The van der Waals surface area contributed by atoms with Gasteiger partial charge in [0.15, 0.2) is 5.13 Å².